The van der Waals surface area contributed by atoms with Gasteiger partial charge >= 0.3 is 5.38 Å². The zero-order valence-electron chi connectivity index (χ0n) is 4.65. The van der Waals surface area contributed by atoms with E-state index in [1.54, 1.807) is 0 Å². The van der Waals surface area contributed by atoms with Crippen LogP contribution in [0.2, 0.25) is 0 Å². The molecule has 0 saturated heterocycles. The number of aliphatic hydroxyl groups is 1. The lowest BCUT2D eigenvalue weighted by Crippen LogP contribution is -2.29. The SMILES string of the molecule is OC(C1CC1)C(F)(F)Cl. The van der Waals surface area contributed by atoms with Gasteiger partial charge in [-0.2, -0.15) is 8.78 Å². The summed E-state index contributed by atoms with van der Waals surface area (Å²) in [6.45, 7) is 0. The minimum atomic E-state index is -3.43. The van der Waals surface area contributed by atoms with E-state index >= 15 is 0 Å². The third-order valence-electron chi connectivity index (χ3n) is 1.40. The summed E-state index contributed by atoms with van der Waals surface area (Å²) in [5, 5.41) is 5.21. The van der Waals surface area contributed by atoms with Crippen molar-refractivity contribution in [3.63, 3.8) is 0 Å². The van der Waals surface area contributed by atoms with Gasteiger partial charge in [-0.25, -0.2) is 0 Å². The van der Waals surface area contributed by atoms with Crippen LogP contribution in [0.4, 0.5) is 8.78 Å². The molecule has 54 valence electrons. The molecule has 0 aliphatic heterocycles. The second-order valence-electron chi connectivity index (χ2n) is 2.32. The molecule has 1 N–H and O–H groups in total. The minimum Gasteiger partial charge on any atom is -0.385 e. The van der Waals surface area contributed by atoms with Crippen molar-refractivity contribution in [2.24, 2.45) is 5.92 Å². The van der Waals surface area contributed by atoms with Crippen LogP contribution in [0.3, 0.4) is 0 Å². The second-order valence-corrected chi connectivity index (χ2v) is 2.83. The first-order valence-electron chi connectivity index (χ1n) is 2.76. The fraction of sp³-hybridized carbons (Fsp3) is 1.00. The summed E-state index contributed by atoms with van der Waals surface area (Å²) in [5.74, 6) is -0.266. The molecule has 0 aromatic carbocycles. The van der Waals surface area contributed by atoms with Crippen LogP contribution in [0.5, 0.6) is 0 Å². The number of hydrogen-bond acceptors (Lipinski definition) is 1. The van der Waals surface area contributed by atoms with Gasteiger partial charge in [-0.3, -0.25) is 0 Å². The molecule has 1 atom stereocenters. The molecule has 0 radical (unpaired) electrons. The highest BCUT2D eigenvalue weighted by Gasteiger charge is 2.45. The predicted molar refractivity (Wildman–Crippen MR) is 29.5 cm³/mol. The Kier molecular flexibility index (Phi) is 1.65. The van der Waals surface area contributed by atoms with E-state index < -0.39 is 11.5 Å². The minimum absolute atomic E-state index is 0.266. The number of aliphatic hydroxyl groups excluding tert-OH is 1. The Morgan fingerprint density at radius 2 is 2.00 bits per heavy atom. The summed E-state index contributed by atoms with van der Waals surface area (Å²) in [6, 6.07) is 0. The summed E-state index contributed by atoms with van der Waals surface area (Å²) in [4.78, 5) is 0. The van der Waals surface area contributed by atoms with Crippen LogP contribution < -0.4 is 0 Å². The van der Waals surface area contributed by atoms with Crippen LogP contribution >= 0.6 is 11.6 Å². The van der Waals surface area contributed by atoms with E-state index in [1.165, 1.54) is 0 Å². The van der Waals surface area contributed by atoms with E-state index in [2.05, 4.69) is 11.6 Å². The zero-order valence-corrected chi connectivity index (χ0v) is 5.41. The molecule has 1 fully saturated rings. The van der Waals surface area contributed by atoms with Gasteiger partial charge in [-0.15, -0.1) is 0 Å². The molecule has 0 spiro atoms. The number of rotatable bonds is 2. The summed E-state index contributed by atoms with van der Waals surface area (Å²) in [5.41, 5.74) is 0. The largest absolute Gasteiger partial charge is 0.385 e. The highest BCUT2D eigenvalue weighted by molar-refractivity contribution is 6.22. The van der Waals surface area contributed by atoms with Crippen molar-refractivity contribution < 1.29 is 13.9 Å². The van der Waals surface area contributed by atoms with Crippen molar-refractivity contribution in [3.05, 3.63) is 0 Å². The molecule has 1 rings (SSSR count). The molecule has 0 heterocycles. The van der Waals surface area contributed by atoms with Crippen molar-refractivity contribution in [2.45, 2.75) is 24.3 Å². The van der Waals surface area contributed by atoms with Crippen molar-refractivity contribution in [1.29, 1.82) is 0 Å². The standard InChI is InChI=1S/C5H7ClF2O/c6-5(7,8)4(9)3-1-2-3/h3-4,9H,1-2H2. The molecule has 0 bridgehead atoms. The average Bonchev–Trinajstić information content (AvgIpc) is 2.40. The number of alkyl halides is 3. The maximum absolute atomic E-state index is 11.9. The van der Waals surface area contributed by atoms with Gasteiger partial charge in [0.05, 0.1) is 0 Å². The number of halogens is 3. The Labute approximate surface area is 56.6 Å². The van der Waals surface area contributed by atoms with Crippen LogP contribution in [0.25, 0.3) is 0 Å². The van der Waals surface area contributed by atoms with Gasteiger partial charge in [0.15, 0.2) is 0 Å². The Morgan fingerprint density at radius 3 is 2.11 bits per heavy atom. The first-order chi connectivity index (χ1) is 4.02. The van der Waals surface area contributed by atoms with Gasteiger partial charge in [0.1, 0.15) is 6.10 Å². The molecule has 9 heavy (non-hydrogen) atoms. The van der Waals surface area contributed by atoms with Crippen LogP contribution in [-0.2, 0) is 0 Å². The second kappa shape index (κ2) is 2.06. The van der Waals surface area contributed by atoms with Gasteiger partial charge < -0.3 is 5.11 Å². The smallest absolute Gasteiger partial charge is 0.347 e. The highest BCUT2D eigenvalue weighted by atomic mass is 35.5. The average molecular weight is 157 g/mol. The Balaban J connectivity index is 2.40. The Hall–Kier alpha value is 0.110. The van der Waals surface area contributed by atoms with Crippen LogP contribution in [0, 0.1) is 5.92 Å². The predicted octanol–water partition coefficient (Wildman–Crippen LogP) is 1.59. The van der Waals surface area contributed by atoms with E-state index in [4.69, 9.17) is 5.11 Å². The Morgan fingerprint density at radius 1 is 1.56 bits per heavy atom. The summed E-state index contributed by atoms with van der Waals surface area (Å²) < 4.78 is 23.8. The molecule has 1 aliphatic rings. The monoisotopic (exact) mass is 156 g/mol. The van der Waals surface area contributed by atoms with Crippen LogP contribution in [-0.4, -0.2) is 16.6 Å². The Bertz CT molecular complexity index is 108. The van der Waals surface area contributed by atoms with Crippen molar-refractivity contribution in [2.75, 3.05) is 0 Å². The normalized spacial score (nSPS) is 24.0. The van der Waals surface area contributed by atoms with E-state index in [-0.39, 0.29) is 5.92 Å². The third-order valence-corrected chi connectivity index (χ3v) is 1.63. The third kappa shape index (κ3) is 1.76. The van der Waals surface area contributed by atoms with Gasteiger partial charge in [0.2, 0.25) is 0 Å². The van der Waals surface area contributed by atoms with Crippen molar-refractivity contribution in [3.8, 4) is 0 Å². The van der Waals surface area contributed by atoms with E-state index in [1.807, 2.05) is 0 Å². The first-order valence-corrected chi connectivity index (χ1v) is 3.14. The molecule has 0 aromatic heterocycles. The lowest BCUT2D eigenvalue weighted by atomic mass is 10.2. The molecule has 1 aliphatic carbocycles. The molecular weight excluding hydrogens is 150 g/mol. The van der Waals surface area contributed by atoms with Gasteiger partial charge in [0, 0.05) is 0 Å². The van der Waals surface area contributed by atoms with E-state index in [0.717, 1.165) is 0 Å². The molecule has 1 unspecified atom stereocenters. The topological polar surface area (TPSA) is 20.2 Å². The molecule has 4 heteroatoms. The van der Waals surface area contributed by atoms with Crippen molar-refractivity contribution in [1.82, 2.24) is 0 Å². The van der Waals surface area contributed by atoms with E-state index in [0.29, 0.717) is 12.8 Å². The van der Waals surface area contributed by atoms with Gasteiger partial charge in [0.25, 0.3) is 0 Å². The van der Waals surface area contributed by atoms with Crippen molar-refractivity contribution >= 4 is 11.6 Å². The maximum atomic E-state index is 11.9. The summed E-state index contributed by atoms with van der Waals surface area (Å²) in [6.07, 6.45) is -0.299. The van der Waals surface area contributed by atoms with Crippen LogP contribution in [0.1, 0.15) is 12.8 Å². The summed E-state index contributed by atoms with van der Waals surface area (Å²) in [7, 11) is 0. The lowest BCUT2D eigenvalue weighted by Gasteiger charge is -2.13. The lowest BCUT2D eigenvalue weighted by molar-refractivity contribution is -0.0517. The zero-order chi connectivity index (χ0) is 7.07. The van der Waals surface area contributed by atoms with Gasteiger partial charge in [-0.05, 0) is 30.4 Å². The fourth-order valence-electron chi connectivity index (χ4n) is 0.679. The highest BCUT2D eigenvalue weighted by Crippen LogP contribution is 2.40. The van der Waals surface area contributed by atoms with Crippen LogP contribution in [0.15, 0.2) is 0 Å². The molecular formula is C5H7ClF2O. The quantitative estimate of drug-likeness (QED) is 0.602. The molecule has 1 nitrogen and oxygen atoms in total. The first kappa shape index (κ1) is 7.22. The maximum Gasteiger partial charge on any atom is 0.347 e. The van der Waals surface area contributed by atoms with E-state index in [9.17, 15) is 8.78 Å². The molecule has 0 amide bonds. The molecule has 0 aromatic rings. The van der Waals surface area contributed by atoms with Gasteiger partial charge in [-0.1, -0.05) is 0 Å². The number of hydrogen-bond donors (Lipinski definition) is 1. The fourth-order valence-corrected chi connectivity index (χ4v) is 0.857. The summed E-state index contributed by atoms with van der Waals surface area (Å²) >= 11 is 4.54. The molecule has 1 saturated carbocycles.